The van der Waals surface area contributed by atoms with E-state index in [0.717, 1.165) is 22.8 Å². The van der Waals surface area contributed by atoms with Crippen LogP contribution in [0.25, 0.3) is 11.0 Å². The standard InChI is InChI=1S/C15H12O3/c16-10-15(7-3-4-11(17)8-15)13-9-18-14-6-2-1-5-12(13)14/h1-7,9-10,17H,8H2/t15-/m0/s1. The van der Waals surface area contributed by atoms with Gasteiger partial charge in [-0.2, -0.15) is 0 Å². The van der Waals surface area contributed by atoms with Gasteiger partial charge in [0.2, 0.25) is 0 Å². The fraction of sp³-hybridized carbons (Fsp3) is 0.133. The number of carbonyl (C=O) groups excluding carboxylic acids is 1. The van der Waals surface area contributed by atoms with Crippen molar-refractivity contribution in [3.8, 4) is 0 Å². The van der Waals surface area contributed by atoms with Crippen LogP contribution >= 0.6 is 0 Å². The van der Waals surface area contributed by atoms with E-state index in [9.17, 15) is 9.90 Å². The first kappa shape index (κ1) is 10.8. The molecule has 0 saturated heterocycles. The number of fused-ring (bicyclic) bond motifs is 1. The van der Waals surface area contributed by atoms with E-state index in [1.54, 1.807) is 24.5 Å². The highest BCUT2D eigenvalue weighted by Crippen LogP contribution is 2.38. The summed E-state index contributed by atoms with van der Waals surface area (Å²) in [4.78, 5) is 11.5. The van der Waals surface area contributed by atoms with Crippen LogP contribution in [0.2, 0.25) is 0 Å². The van der Waals surface area contributed by atoms with E-state index in [0.29, 0.717) is 0 Å². The predicted molar refractivity (Wildman–Crippen MR) is 68.4 cm³/mol. The third-order valence-electron chi connectivity index (χ3n) is 3.35. The molecule has 1 N–H and O–H groups in total. The summed E-state index contributed by atoms with van der Waals surface area (Å²) < 4.78 is 5.47. The van der Waals surface area contributed by atoms with Crippen molar-refractivity contribution in [2.24, 2.45) is 0 Å². The molecule has 0 aliphatic heterocycles. The number of allylic oxidation sites excluding steroid dienone is 4. The molecule has 1 aliphatic rings. The number of aldehydes is 1. The molecule has 90 valence electrons. The second-order valence-electron chi connectivity index (χ2n) is 4.50. The molecule has 3 nitrogen and oxygen atoms in total. The number of para-hydroxylation sites is 1. The number of hydrogen-bond donors (Lipinski definition) is 1. The molecular formula is C15H12O3. The highest BCUT2D eigenvalue weighted by Gasteiger charge is 2.34. The van der Waals surface area contributed by atoms with Crippen LogP contribution in [0.4, 0.5) is 0 Å². The molecule has 1 aromatic carbocycles. The third-order valence-corrected chi connectivity index (χ3v) is 3.35. The molecule has 1 aromatic heterocycles. The van der Waals surface area contributed by atoms with Crippen molar-refractivity contribution in [3.63, 3.8) is 0 Å². The second-order valence-corrected chi connectivity index (χ2v) is 4.50. The zero-order valence-corrected chi connectivity index (χ0v) is 9.67. The molecule has 3 rings (SSSR count). The van der Waals surface area contributed by atoms with Crippen molar-refractivity contribution >= 4 is 17.3 Å². The first-order valence-electron chi connectivity index (χ1n) is 5.75. The van der Waals surface area contributed by atoms with Crippen molar-refractivity contribution in [2.45, 2.75) is 11.8 Å². The molecule has 0 bridgehead atoms. The summed E-state index contributed by atoms with van der Waals surface area (Å²) in [5.74, 6) is 0.204. The number of aliphatic hydroxyl groups excluding tert-OH is 1. The molecule has 1 heterocycles. The minimum absolute atomic E-state index is 0.204. The second kappa shape index (κ2) is 3.88. The van der Waals surface area contributed by atoms with Crippen molar-refractivity contribution in [3.05, 3.63) is 60.1 Å². The normalized spacial score (nSPS) is 23.0. The Morgan fingerprint density at radius 2 is 2.17 bits per heavy atom. The van der Waals surface area contributed by atoms with Gasteiger partial charge in [0.25, 0.3) is 0 Å². The van der Waals surface area contributed by atoms with Gasteiger partial charge in [0.15, 0.2) is 0 Å². The van der Waals surface area contributed by atoms with E-state index in [1.807, 2.05) is 24.3 Å². The van der Waals surface area contributed by atoms with Gasteiger partial charge < -0.3 is 14.3 Å². The van der Waals surface area contributed by atoms with Crippen LogP contribution in [-0.2, 0) is 10.2 Å². The van der Waals surface area contributed by atoms with E-state index in [-0.39, 0.29) is 12.2 Å². The van der Waals surface area contributed by atoms with Gasteiger partial charge in [-0.05, 0) is 12.1 Å². The highest BCUT2D eigenvalue weighted by molar-refractivity contribution is 5.88. The number of furan rings is 1. The average Bonchev–Trinajstić information content (AvgIpc) is 2.83. The summed E-state index contributed by atoms with van der Waals surface area (Å²) in [6.45, 7) is 0. The van der Waals surface area contributed by atoms with Gasteiger partial charge in [0.1, 0.15) is 11.9 Å². The van der Waals surface area contributed by atoms with E-state index >= 15 is 0 Å². The van der Waals surface area contributed by atoms with Crippen LogP contribution in [0.1, 0.15) is 12.0 Å². The molecule has 0 radical (unpaired) electrons. The molecule has 18 heavy (non-hydrogen) atoms. The summed E-state index contributed by atoms with van der Waals surface area (Å²) in [6, 6.07) is 7.57. The molecule has 0 amide bonds. The van der Waals surface area contributed by atoms with Gasteiger partial charge in [0, 0.05) is 17.4 Å². The molecule has 0 spiro atoms. The lowest BCUT2D eigenvalue weighted by Gasteiger charge is -2.25. The highest BCUT2D eigenvalue weighted by atomic mass is 16.3. The maximum Gasteiger partial charge on any atom is 0.134 e. The Kier molecular flexibility index (Phi) is 2.33. The Labute approximate surface area is 104 Å². The molecule has 3 heteroatoms. The van der Waals surface area contributed by atoms with E-state index in [4.69, 9.17) is 4.42 Å². The predicted octanol–water partition coefficient (Wildman–Crippen LogP) is 3.27. The van der Waals surface area contributed by atoms with Crippen molar-refractivity contribution < 1.29 is 14.3 Å². The number of benzene rings is 1. The zero-order chi connectivity index (χ0) is 12.6. The Balaban J connectivity index is 2.21. The minimum Gasteiger partial charge on any atom is -0.512 e. The van der Waals surface area contributed by atoms with Gasteiger partial charge in [-0.3, -0.25) is 0 Å². The monoisotopic (exact) mass is 240 g/mol. The van der Waals surface area contributed by atoms with Crippen LogP contribution < -0.4 is 0 Å². The zero-order valence-electron chi connectivity index (χ0n) is 9.67. The quantitative estimate of drug-likeness (QED) is 0.819. The molecule has 1 aliphatic carbocycles. The van der Waals surface area contributed by atoms with Crippen LogP contribution in [-0.4, -0.2) is 11.4 Å². The smallest absolute Gasteiger partial charge is 0.134 e. The van der Waals surface area contributed by atoms with Gasteiger partial charge in [-0.1, -0.05) is 30.4 Å². The Morgan fingerprint density at radius 1 is 1.33 bits per heavy atom. The maximum absolute atomic E-state index is 11.5. The summed E-state index contributed by atoms with van der Waals surface area (Å²) in [6.07, 6.45) is 7.85. The van der Waals surface area contributed by atoms with Gasteiger partial charge in [-0.15, -0.1) is 0 Å². The summed E-state index contributed by atoms with van der Waals surface area (Å²) >= 11 is 0. The summed E-state index contributed by atoms with van der Waals surface area (Å²) in [5.41, 5.74) is 0.714. The lowest BCUT2D eigenvalue weighted by Crippen LogP contribution is -2.27. The summed E-state index contributed by atoms with van der Waals surface area (Å²) in [7, 11) is 0. The fourth-order valence-electron chi connectivity index (χ4n) is 2.42. The van der Waals surface area contributed by atoms with Crippen LogP contribution in [0, 0.1) is 0 Å². The molecule has 2 aromatic rings. The fourth-order valence-corrected chi connectivity index (χ4v) is 2.42. The Bertz CT molecular complexity index is 663. The number of hydrogen-bond acceptors (Lipinski definition) is 3. The molecule has 1 atom stereocenters. The van der Waals surface area contributed by atoms with Crippen molar-refractivity contribution in [1.29, 1.82) is 0 Å². The number of rotatable bonds is 2. The van der Waals surface area contributed by atoms with Crippen LogP contribution in [0.15, 0.2) is 58.9 Å². The first-order valence-corrected chi connectivity index (χ1v) is 5.75. The topological polar surface area (TPSA) is 50.4 Å². The van der Waals surface area contributed by atoms with Gasteiger partial charge in [0.05, 0.1) is 17.4 Å². The molecule has 0 fully saturated rings. The lowest BCUT2D eigenvalue weighted by atomic mass is 9.76. The maximum atomic E-state index is 11.5. The molecular weight excluding hydrogens is 228 g/mol. The largest absolute Gasteiger partial charge is 0.512 e. The van der Waals surface area contributed by atoms with E-state index < -0.39 is 5.41 Å². The Morgan fingerprint density at radius 3 is 2.94 bits per heavy atom. The number of carbonyl (C=O) groups is 1. The van der Waals surface area contributed by atoms with E-state index in [2.05, 4.69) is 0 Å². The SMILES string of the molecule is O=C[C@]1(c2coc3ccccc23)C=CC=C(O)C1. The number of aliphatic hydroxyl groups is 1. The van der Waals surface area contributed by atoms with Crippen molar-refractivity contribution in [1.82, 2.24) is 0 Å². The first-order chi connectivity index (χ1) is 8.75. The van der Waals surface area contributed by atoms with Crippen LogP contribution in [0.3, 0.4) is 0 Å². The third kappa shape index (κ3) is 1.48. The molecule has 0 unspecified atom stereocenters. The van der Waals surface area contributed by atoms with Crippen molar-refractivity contribution in [2.75, 3.05) is 0 Å². The van der Waals surface area contributed by atoms with E-state index in [1.165, 1.54) is 0 Å². The van der Waals surface area contributed by atoms with Gasteiger partial charge >= 0.3 is 0 Å². The lowest BCUT2D eigenvalue weighted by molar-refractivity contribution is -0.111. The van der Waals surface area contributed by atoms with Gasteiger partial charge in [-0.25, -0.2) is 0 Å². The average molecular weight is 240 g/mol. The minimum atomic E-state index is -0.828. The molecule has 0 saturated carbocycles. The summed E-state index contributed by atoms with van der Waals surface area (Å²) in [5, 5.41) is 10.6. The van der Waals surface area contributed by atoms with Crippen LogP contribution in [0.5, 0.6) is 0 Å². The Hall–Kier alpha value is -2.29.